The molecule has 2 fully saturated rings. The Hall–Kier alpha value is -1.06. The molecule has 120 valence electrons. The van der Waals surface area contributed by atoms with Crippen LogP contribution in [0.3, 0.4) is 0 Å². The summed E-state index contributed by atoms with van der Waals surface area (Å²) in [5.74, 6) is 0.710. The molecular weight excluding hydrogens is 264 g/mol. The van der Waals surface area contributed by atoms with Crippen molar-refractivity contribution in [2.75, 3.05) is 13.1 Å². The van der Waals surface area contributed by atoms with Gasteiger partial charge in [-0.25, -0.2) is 0 Å². The molecule has 1 heterocycles. The number of hydrogen-bond donors (Lipinski definition) is 1. The van der Waals surface area contributed by atoms with Crippen LogP contribution in [0, 0.1) is 11.3 Å². The summed E-state index contributed by atoms with van der Waals surface area (Å²) in [5.41, 5.74) is -0.501. The van der Waals surface area contributed by atoms with E-state index in [1.807, 2.05) is 18.7 Å². The van der Waals surface area contributed by atoms with E-state index >= 15 is 0 Å². The van der Waals surface area contributed by atoms with Crippen LogP contribution in [-0.2, 0) is 9.59 Å². The first kappa shape index (κ1) is 16.3. The lowest BCUT2D eigenvalue weighted by molar-refractivity contribution is -0.138. The Morgan fingerprint density at radius 1 is 1.19 bits per heavy atom. The maximum absolute atomic E-state index is 12.7. The minimum Gasteiger partial charge on any atom is -0.342 e. The van der Waals surface area contributed by atoms with Gasteiger partial charge in [0.15, 0.2) is 0 Å². The zero-order valence-electron chi connectivity index (χ0n) is 14.0. The van der Waals surface area contributed by atoms with Crippen molar-refractivity contribution < 1.29 is 9.59 Å². The van der Waals surface area contributed by atoms with E-state index in [9.17, 15) is 9.59 Å². The molecular formula is C17H30N2O2. The van der Waals surface area contributed by atoms with Crippen LogP contribution in [0.1, 0.15) is 66.2 Å². The Morgan fingerprint density at radius 3 is 2.38 bits per heavy atom. The first-order chi connectivity index (χ1) is 9.74. The summed E-state index contributed by atoms with van der Waals surface area (Å²) in [6.45, 7) is 9.54. The molecule has 1 saturated heterocycles. The fourth-order valence-electron chi connectivity index (χ4n) is 4.17. The van der Waals surface area contributed by atoms with Crippen LogP contribution in [0.5, 0.6) is 0 Å². The lowest BCUT2D eigenvalue weighted by atomic mass is 9.78. The van der Waals surface area contributed by atoms with Crippen molar-refractivity contribution in [2.24, 2.45) is 11.3 Å². The Bertz CT molecular complexity index is 409. The number of carbonyl (C=O) groups is 2. The lowest BCUT2D eigenvalue weighted by Gasteiger charge is -2.38. The fourth-order valence-corrected chi connectivity index (χ4v) is 4.17. The van der Waals surface area contributed by atoms with Gasteiger partial charge in [-0.05, 0) is 44.4 Å². The summed E-state index contributed by atoms with van der Waals surface area (Å²) in [5, 5.41) is 2.85. The summed E-state index contributed by atoms with van der Waals surface area (Å²) in [7, 11) is 0. The molecule has 2 aliphatic rings. The maximum Gasteiger partial charge on any atom is 0.247 e. The molecule has 2 rings (SSSR count). The molecule has 0 bridgehead atoms. The standard InChI is InChI=1S/C17H30N2O2/c1-13(2)11-17(8-5-6-9-17)12-19-10-7-14(20)18-16(3,4)15(19)21/h13H,5-12H2,1-4H3,(H,18,20). The van der Waals surface area contributed by atoms with Crippen LogP contribution in [0.15, 0.2) is 0 Å². The first-order valence-electron chi connectivity index (χ1n) is 8.35. The predicted molar refractivity (Wildman–Crippen MR) is 83.8 cm³/mol. The molecule has 0 aromatic rings. The predicted octanol–water partition coefficient (Wildman–Crippen LogP) is 2.72. The average Bonchev–Trinajstić information content (AvgIpc) is 2.77. The highest BCUT2D eigenvalue weighted by Crippen LogP contribution is 2.44. The van der Waals surface area contributed by atoms with E-state index in [2.05, 4.69) is 19.2 Å². The van der Waals surface area contributed by atoms with E-state index in [1.165, 1.54) is 32.1 Å². The van der Waals surface area contributed by atoms with Crippen molar-refractivity contribution in [3.8, 4) is 0 Å². The van der Waals surface area contributed by atoms with Crippen molar-refractivity contribution in [1.29, 1.82) is 0 Å². The highest BCUT2D eigenvalue weighted by Gasteiger charge is 2.42. The minimum absolute atomic E-state index is 0.0137. The van der Waals surface area contributed by atoms with Gasteiger partial charge >= 0.3 is 0 Å². The van der Waals surface area contributed by atoms with Gasteiger partial charge in [-0.15, -0.1) is 0 Å². The third-order valence-corrected chi connectivity index (χ3v) is 4.91. The zero-order valence-corrected chi connectivity index (χ0v) is 14.0. The molecule has 2 amide bonds. The molecule has 1 saturated carbocycles. The van der Waals surface area contributed by atoms with Gasteiger partial charge in [0, 0.05) is 19.5 Å². The number of hydrogen-bond acceptors (Lipinski definition) is 2. The van der Waals surface area contributed by atoms with Crippen LogP contribution >= 0.6 is 0 Å². The van der Waals surface area contributed by atoms with E-state index in [0.717, 1.165) is 6.54 Å². The van der Waals surface area contributed by atoms with Gasteiger partial charge in [0.05, 0.1) is 0 Å². The molecule has 0 spiro atoms. The number of carbonyl (C=O) groups excluding carboxylic acids is 2. The lowest BCUT2D eigenvalue weighted by Crippen LogP contribution is -2.54. The number of rotatable bonds is 4. The van der Waals surface area contributed by atoms with Crippen molar-refractivity contribution >= 4 is 11.8 Å². The van der Waals surface area contributed by atoms with E-state index in [-0.39, 0.29) is 17.2 Å². The molecule has 0 aromatic heterocycles. The Labute approximate surface area is 128 Å². The highest BCUT2D eigenvalue weighted by molar-refractivity contribution is 5.92. The van der Waals surface area contributed by atoms with Crippen LogP contribution < -0.4 is 5.32 Å². The second kappa shape index (κ2) is 5.98. The molecule has 4 nitrogen and oxygen atoms in total. The van der Waals surface area contributed by atoms with Gasteiger partial charge in [-0.3, -0.25) is 9.59 Å². The summed E-state index contributed by atoms with van der Waals surface area (Å²) in [6, 6.07) is 0. The van der Waals surface area contributed by atoms with Gasteiger partial charge in [0.25, 0.3) is 0 Å². The SMILES string of the molecule is CC(C)CC1(CN2CCC(=O)NC(C)(C)C2=O)CCCC1. The van der Waals surface area contributed by atoms with Gasteiger partial charge < -0.3 is 10.2 Å². The number of nitrogens with one attached hydrogen (secondary N) is 1. The monoisotopic (exact) mass is 294 g/mol. The van der Waals surface area contributed by atoms with Crippen LogP contribution in [0.4, 0.5) is 0 Å². The molecule has 0 atom stereocenters. The third kappa shape index (κ3) is 3.78. The van der Waals surface area contributed by atoms with E-state index in [0.29, 0.717) is 18.9 Å². The zero-order chi connectivity index (χ0) is 15.7. The van der Waals surface area contributed by atoms with Gasteiger partial charge in [0.1, 0.15) is 5.54 Å². The fraction of sp³-hybridized carbons (Fsp3) is 0.882. The normalized spacial score (nSPS) is 25.1. The molecule has 1 N–H and O–H groups in total. The minimum atomic E-state index is -0.773. The molecule has 21 heavy (non-hydrogen) atoms. The molecule has 4 heteroatoms. The van der Waals surface area contributed by atoms with Crippen molar-refractivity contribution in [1.82, 2.24) is 10.2 Å². The molecule has 0 unspecified atom stereocenters. The van der Waals surface area contributed by atoms with Crippen molar-refractivity contribution in [3.63, 3.8) is 0 Å². The van der Waals surface area contributed by atoms with Gasteiger partial charge in [-0.1, -0.05) is 26.7 Å². The van der Waals surface area contributed by atoms with Crippen molar-refractivity contribution in [2.45, 2.75) is 71.8 Å². The Morgan fingerprint density at radius 2 is 1.81 bits per heavy atom. The topological polar surface area (TPSA) is 49.4 Å². The Kier molecular flexibility index (Phi) is 4.64. The third-order valence-electron chi connectivity index (χ3n) is 4.91. The molecule has 0 aromatic carbocycles. The quantitative estimate of drug-likeness (QED) is 0.866. The summed E-state index contributed by atoms with van der Waals surface area (Å²) >= 11 is 0. The number of nitrogens with zero attached hydrogens (tertiary/aromatic N) is 1. The van der Waals surface area contributed by atoms with Crippen LogP contribution in [0.25, 0.3) is 0 Å². The first-order valence-corrected chi connectivity index (χ1v) is 8.35. The summed E-state index contributed by atoms with van der Waals surface area (Å²) in [6.07, 6.45) is 6.59. The van der Waals surface area contributed by atoms with Gasteiger partial charge in [-0.2, -0.15) is 0 Å². The largest absolute Gasteiger partial charge is 0.342 e. The smallest absolute Gasteiger partial charge is 0.247 e. The molecule has 1 aliphatic carbocycles. The maximum atomic E-state index is 12.7. The van der Waals surface area contributed by atoms with Crippen LogP contribution in [0.2, 0.25) is 0 Å². The van der Waals surface area contributed by atoms with Crippen molar-refractivity contribution in [3.05, 3.63) is 0 Å². The molecule has 0 radical (unpaired) electrons. The molecule has 1 aliphatic heterocycles. The summed E-state index contributed by atoms with van der Waals surface area (Å²) in [4.78, 5) is 26.5. The second-order valence-corrected chi connectivity index (χ2v) is 7.95. The van der Waals surface area contributed by atoms with E-state index < -0.39 is 5.54 Å². The summed E-state index contributed by atoms with van der Waals surface area (Å²) < 4.78 is 0. The second-order valence-electron chi connectivity index (χ2n) is 7.95. The van der Waals surface area contributed by atoms with Crippen LogP contribution in [-0.4, -0.2) is 35.3 Å². The number of amides is 2. The van der Waals surface area contributed by atoms with E-state index in [4.69, 9.17) is 0 Å². The van der Waals surface area contributed by atoms with Gasteiger partial charge in [0.2, 0.25) is 11.8 Å². The Balaban J connectivity index is 2.15. The highest BCUT2D eigenvalue weighted by atomic mass is 16.2. The van der Waals surface area contributed by atoms with E-state index in [1.54, 1.807) is 0 Å². The average molecular weight is 294 g/mol.